The van der Waals surface area contributed by atoms with Gasteiger partial charge in [-0.1, -0.05) is 11.6 Å². The smallest absolute Gasteiger partial charge is 0.351 e. The van der Waals surface area contributed by atoms with Gasteiger partial charge in [-0.15, -0.1) is 0 Å². The standard InChI is InChI=1S/C23H25ClF3N7O3S/c1-32(2)21(35)14-4-5-19(17(24)10-14)33-12-18(29-13-33)20-16(23(25,26)27)11-28-22(31-20)30-15-6-8-34(9-7-15)38(3,36)37/h4-5,10-13,15H,6-9H2,1-3H3,(H,28,30,31). The van der Waals surface area contributed by atoms with E-state index in [1.807, 2.05) is 0 Å². The Labute approximate surface area is 222 Å². The summed E-state index contributed by atoms with van der Waals surface area (Å²) in [5, 5.41) is 3.22. The van der Waals surface area contributed by atoms with Crippen LogP contribution in [0.4, 0.5) is 19.1 Å². The Bertz CT molecular complexity index is 1450. The van der Waals surface area contributed by atoms with E-state index in [0.717, 1.165) is 6.26 Å². The van der Waals surface area contributed by atoms with Crippen LogP contribution in [0.15, 0.2) is 36.9 Å². The molecule has 0 unspecified atom stereocenters. The second kappa shape index (κ2) is 10.5. The van der Waals surface area contributed by atoms with E-state index in [2.05, 4.69) is 20.3 Å². The number of imidazole rings is 1. The molecule has 1 aromatic carbocycles. The molecule has 10 nitrogen and oxygen atoms in total. The van der Waals surface area contributed by atoms with Crippen molar-refractivity contribution >= 4 is 33.5 Å². The maximum Gasteiger partial charge on any atom is 0.420 e. The van der Waals surface area contributed by atoms with Gasteiger partial charge in [0, 0.05) is 51.2 Å². The van der Waals surface area contributed by atoms with Crippen molar-refractivity contribution in [3.05, 3.63) is 53.1 Å². The van der Waals surface area contributed by atoms with Crippen LogP contribution in [0.2, 0.25) is 5.02 Å². The summed E-state index contributed by atoms with van der Waals surface area (Å²) < 4.78 is 67.7. The summed E-state index contributed by atoms with van der Waals surface area (Å²) in [6, 6.07) is 4.40. The fourth-order valence-electron chi connectivity index (χ4n) is 4.05. The molecule has 3 heterocycles. The molecule has 15 heteroatoms. The van der Waals surface area contributed by atoms with Gasteiger partial charge >= 0.3 is 6.18 Å². The Morgan fingerprint density at radius 2 is 1.87 bits per heavy atom. The van der Waals surface area contributed by atoms with Crippen LogP contribution in [-0.2, 0) is 16.2 Å². The topological polar surface area (TPSA) is 113 Å². The third-order valence-corrected chi connectivity index (χ3v) is 7.66. The molecule has 0 bridgehead atoms. The van der Waals surface area contributed by atoms with Crippen LogP contribution in [-0.4, -0.2) is 82.5 Å². The first kappa shape index (κ1) is 27.8. The van der Waals surface area contributed by atoms with Gasteiger partial charge in [-0.3, -0.25) is 4.79 Å². The number of benzene rings is 1. The van der Waals surface area contributed by atoms with Crippen molar-refractivity contribution in [1.82, 2.24) is 28.7 Å². The molecule has 2 aromatic heterocycles. The molecule has 1 aliphatic rings. The van der Waals surface area contributed by atoms with Crippen molar-refractivity contribution in [1.29, 1.82) is 0 Å². The summed E-state index contributed by atoms with van der Waals surface area (Å²) in [6.45, 7) is 0.572. The van der Waals surface area contributed by atoms with E-state index >= 15 is 0 Å². The monoisotopic (exact) mass is 571 g/mol. The first-order valence-corrected chi connectivity index (χ1v) is 13.7. The molecule has 1 aliphatic heterocycles. The predicted molar refractivity (Wildman–Crippen MR) is 136 cm³/mol. The van der Waals surface area contributed by atoms with Gasteiger partial charge in [0.2, 0.25) is 16.0 Å². The van der Waals surface area contributed by atoms with E-state index < -0.39 is 27.5 Å². The van der Waals surface area contributed by atoms with Crippen molar-refractivity contribution in [2.24, 2.45) is 0 Å². The van der Waals surface area contributed by atoms with Gasteiger partial charge in [-0.25, -0.2) is 27.7 Å². The number of carbonyl (C=O) groups is 1. The lowest BCUT2D eigenvalue weighted by Gasteiger charge is -2.30. The van der Waals surface area contributed by atoms with Crippen LogP contribution in [0, 0.1) is 0 Å². The molecule has 1 fully saturated rings. The van der Waals surface area contributed by atoms with Crippen molar-refractivity contribution in [2.75, 3.05) is 38.8 Å². The zero-order chi connectivity index (χ0) is 27.8. The first-order valence-electron chi connectivity index (χ1n) is 11.5. The largest absolute Gasteiger partial charge is 0.420 e. The predicted octanol–water partition coefficient (Wildman–Crippen LogP) is 3.54. The zero-order valence-electron chi connectivity index (χ0n) is 20.7. The Hall–Kier alpha value is -3.23. The molecule has 0 atom stereocenters. The van der Waals surface area contributed by atoms with E-state index in [1.54, 1.807) is 26.2 Å². The number of piperidine rings is 1. The zero-order valence-corrected chi connectivity index (χ0v) is 22.3. The van der Waals surface area contributed by atoms with Crippen LogP contribution in [0.1, 0.15) is 28.8 Å². The number of carbonyl (C=O) groups excluding carboxylic acids is 1. The number of hydrogen-bond donors (Lipinski definition) is 1. The van der Waals surface area contributed by atoms with Gasteiger partial charge < -0.3 is 14.8 Å². The number of anilines is 1. The van der Waals surface area contributed by atoms with Crippen molar-refractivity contribution in [2.45, 2.75) is 25.1 Å². The fourth-order valence-corrected chi connectivity index (χ4v) is 5.21. The molecule has 1 amide bonds. The number of amides is 1. The van der Waals surface area contributed by atoms with E-state index in [1.165, 1.54) is 32.4 Å². The van der Waals surface area contributed by atoms with Gasteiger partial charge in [0.15, 0.2) is 0 Å². The number of sulfonamides is 1. The van der Waals surface area contributed by atoms with Crippen molar-refractivity contribution in [3.8, 4) is 17.1 Å². The molecule has 0 radical (unpaired) electrons. The van der Waals surface area contributed by atoms with Crippen LogP contribution in [0.5, 0.6) is 0 Å². The van der Waals surface area contributed by atoms with Crippen molar-refractivity contribution in [3.63, 3.8) is 0 Å². The molecule has 4 rings (SSSR count). The van der Waals surface area contributed by atoms with E-state index in [9.17, 15) is 26.4 Å². The Morgan fingerprint density at radius 1 is 1.18 bits per heavy atom. The minimum absolute atomic E-state index is 0.0232. The normalized spacial score (nSPS) is 15.4. The van der Waals surface area contributed by atoms with Crippen LogP contribution < -0.4 is 5.32 Å². The number of nitrogens with one attached hydrogen (secondary N) is 1. The average Bonchev–Trinajstić information content (AvgIpc) is 3.32. The summed E-state index contributed by atoms with van der Waals surface area (Å²) in [7, 11) is -0.101. The second-order valence-corrected chi connectivity index (χ2v) is 11.5. The minimum Gasteiger partial charge on any atom is -0.351 e. The maximum atomic E-state index is 13.8. The van der Waals surface area contributed by atoms with Gasteiger partial charge in [-0.2, -0.15) is 13.2 Å². The number of nitrogens with zero attached hydrogens (tertiary/aromatic N) is 6. The van der Waals surface area contributed by atoms with E-state index in [4.69, 9.17) is 11.6 Å². The highest BCUT2D eigenvalue weighted by molar-refractivity contribution is 7.88. The lowest BCUT2D eigenvalue weighted by Crippen LogP contribution is -2.42. The quantitative estimate of drug-likeness (QED) is 0.481. The van der Waals surface area contributed by atoms with Gasteiger partial charge in [-0.05, 0) is 31.0 Å². The molecular weight excluding hydrogens is 547 g/mol. The van der Waals surface area contributed by atoms with Crippen molar-refractivity contribution < 1.29 is 26.4 Å². The molecule has 0 aliphatic carbocycles. The summed E-state index contributed by atoms with van der Waals surface area (Å²) in [6.07, 6.45) is 0.670. The second-order valence-electron chi connectivity index (χ2n) is 9.07. The Kier molecular flexibility index (Phi) is 7.68. The molecular formula is C23H25ClF3N7O3S. The van der Waals surface area contributed by atoms with Gasteiger partial charge in [0.1, 0.15) is 23.3 Å². The van der Waals surface area contributed by atoms with Crippen LogP contribution in [0.25, 0.3) is 17.1 Å². The summed E-state index contributed by atoms with van der Waals surface area (Å²) in [4.78, 5) is 25.7. The van der Waals surface area contributed by atoms with Gasteiger partial charge in [0.25, 0.3) is 5.91 Å². The SMILES string of the molecule is CN(C)C(=O)c1ccc(-n2cnc(-c3nc(NC4CCN(S(C)(=O)=O)CC4)ncc3C(F)(F)F)c2)c(Cl)c1. The average molecular weight is 572 g/mol. The maximum absolute atomic E-state index is 13.8. The number of halogens is 4. The molecule has 0 saturated carbocycles. The number of aromatic nitrogens is 4. The molecule has 3 aromatic rings. The van der Waals surface area contributed by atoms with Crippen LogP contribution in [0.3, 0.4) is 0 Å². The lowest BCUT2D eigenvalue weighted by atomic mass is 10.1. The fraction of sp³-hybridized carbons (Fsp3) is 0.391. The summed E-state index contributed by atoms with van der Waals surface area (Å²) >= 11 is 6.37. The summed E-state index contributed by atoms with van der Waals surface area (Å²) in [5.74, 6) is -0.271. The number of rotatable bonds is 6. The van der Waals surface area contributed by atoms with E-state index in [0.29, 0.717) is 30.3 Å². The Balaban J connectivity index is 1.61. The third kappa shape index (κ3) is 6.08. The van der Waals surface area contributed by atoms with E-state index in [-0.39, 0.29) is 41.7 Å². The molecule has 0 spiro atoms. The lowest BCUT2D eigenvalue weighted by molar-refractivity contribution is -0.137. The molecule has 38 heavy (non-hydrogen) atoms. The first-order chi connectivity index (χ1) is 17.7. The highest BCUT2D eigenvalue weighted by atomic mass is 35.5. The third-order valence-electron chi connectivity index (χ3n) is 6.05. The van der Waals surface area contributed by atoms with Gasteiger partial charge in [0.05, 0.1) is 17.0 Å². The number of alkyl halides is 3. The highest BCUT2D eigenvalue weighted by Crippen LogP contribution is 2.36. The molecule has 204 valence electrons. The highest BCUT2D eigenvalue weighted by Gasteiger charge is 2.36. The summed E-state index contributed by atoms with van der Waals surface area (Å²) in [5.41, 5.74) is -0.757. The van der Waals surface area contributed by atoms with Crippen LogP contribution >= 0.6 is 11.6 Å². The Morgan fingerprint density at radius 3 is 2.45 bits per heavy atom. The number of hydrogen-bond acceptors (Lipinski definition) is 7. The minimum atomic E-state index is -4.73. The molecule has 1 N–H and O–H groups in total. The molecule has 1 saturated heterocycles.